The Balaban J connectivity index is 1.38. The SMILES string of the molecule is CC(Oc1ccc(N2CCCC2=O)cc1)C(=O)Nc1cccc(S(=O)(=O)N2CCOCC2)c1. The van der Waals surface area contributed by atoms with E-state index in [2.05, 4.69) is 5.32 Å². The minimum atomic E-state index is -3.66. The summed E-state index contributed by atoms with van der Waals surface area (Å²) in [6.45, 7) is 3.64. The second kappa shape index (κ2) is 9.90. The molecule has 2 aromatic carbocycles. The lowest BCUT2D eigenvalue weighted by molar-refractivity contribution is -0.122. The molecule has 0 spiro atoms. The summed E-state index contributed by atoms with van der Waals surface area (Å²) in [6.07, 6.45) is 0.594. The molecule has 2 heterocycles. The molecule has 0 aliphatic carbocycles. The van der Waals surface area contributed by atoms with Gasteiger partial charge in [-0.05, 0) is 55.8 Å². The number of carbonyl (C=O) groups is 2. The molecule has 2 saturated heterocycles. The van der Waals surface area contributed by atoms with Crippen LogP contribution in [0.4, 0.5) is 11.4 Å². The Kier molecular flexibility index (Phi) is 6.96. The van der Waals surface area contributed by atoms with Crippen LogP contribution in [-0.2, 0) is 24.3 Å². The second-order valence-corrected chi connectivity index (χ2v) is 9.87. The maximum atomic E-state index is 12.9. The monoisotopic (exact) mass is 473 g/mol. The molecule has 4 rings (SSSR count). The first-order valence-electron chi connectivity index (χ1n) is 10.9. The van der Waals surface area contributed by atoms with E-state index in [0.717, 1.165) is 12.1 Å². The first-order valence-corrected chi connectivity index (χ1v) is 12.3. The Morgan fingerprint density at radius 1 is 1.09 bits per heavy atom. The topological polar surface area (TPSA) is 105 Å². The molecule has 1 unspecified atom stereocenters. The number of rotatable bonds is 7. The Bertz CT molecular complexity index is 1110. The minimum absolute atomic E-state index is 0.106. The fraction of sp³-hybridized carbons (Fsp3) is 0.391. The molecule has 1 atom stereocenters. The van der Waals surface area contributed by atoms with Gasteiger partial charge in [0.05, 0.1) is 18.1 Å². The standard InChI is InChI=1S/C23H27N3O6S/c1-17(32-20-9-7-19(8-10-20)26-11-3-6-22(26)27)23(28)24-18-4-2-5-21(16-18)33(29,30)25-12-14-31-15-13-25/h2,4-5,7-10,16-17H,3,6,11-15H2,1H3,(H,24,28). The van der Waals surface area contributed by atoms with Crippen molar-refractivity contribution in [1.82, 2.24) is 4.31 Å². The van der Waals surface area contributed by atoms with Gasteiger partial charge in [0.25, 0.3) is 5.91 Å². The van der Waals surface area contributed by atoms with Gasteiger partial charge in [-0.25, -0.2) is 8.42 Å². The van der Waals surface area contributed by atoms with Gasteiger partial charge in [-0.1, -0.05) is 6.07 Å². The van der Waals surface area contributed by atoms with E-state index in [1.54, 1.807) is 48.2 Å². The first-order chi connectivity index (χ1) is 15.8. The number of morpholine rings is 1. The first kappa shape index (κ1) is 23.2. The van der Waals surface area contributed by atoms with E-state index in [0.29, 0.717) is 50.7 Å². The van der Waals surface area contributed by atoms with Crippen LogP contribution in [0.25, 0.3) is 0 Å². The number of sulfonamides is 1. The molecule has 2 aliphatic heterocycles. The van der Waals surface area contributed by atoms with E-state index in [1.165, 1.54) is 16.4 Å². The summed E-state index contributed by atoms with van der Waals surface area (Å²) < 4.78 is 38.0. The Morgan fingerprint density at radius 2 is 1.82 bits per heavy atom. The van der Waals surface area contributed by atoms with Gasteiger partial charge < -0.3 is 19.7 Å². The summed E-state index contributed by atoms with van der Waals surface area (Å²) in [5, 5.41) is 2.71. The second-order valence-electron chi connectivity index (χ2n) is 7.94. The maximum Gasteiger partial charge on any atom is 0.265 e. The molecule has 2 fully saturated rings. The highest BCUT2D eigenvalue weighted by Crippen LogP contribution is 2.25. The lowest BCUT2D eigenvalue weighted by atomic mass is 10.2. The zero-order valence-electron chi connectivity index (χ0n) is 18.4. The van der Waals surface area contributed by atoms with Crippen molar-refractivity contribution >= 4 is 33.2 Å². The molecule has 1 N–H and O–H groups in total. The Hall–Kier alpha value is -2.95. The van der Waals surface area contributed by atoms with Crippen LogP contribution in [0.3, 0.4) is 0 Å². The van der Waals surface area contributed by atoms with Gasteiger partial charge in [-0.3, -0.25) is 9.59 Å². The van der Waals surface area contributed by atoms with Crippen LogP contribution >= 0.6 is 0 Å². The average molecular weight is 474 g/mol. The summed E-state index contributed by atoms with van der Waals surface area (Å²) >= 11 is 0. The summed E-state index contributed by atoms with van der Waals surface area (Å²) in [6, 6.07) is 13.2. The number of nitrogens with one attached hydrogen (secondary N) is 1. The van der Waals surface area contributed by atoms with Gasteiger partial charge in [-0.15, -0.1) is 0 Å². The van der Waals surface area contributed by atoms with Crippen molar-refractivity contribution in [3.05, 3.63) is 48.5 Å². The average Bonchev–Trinajstić information content (AvgIpc) is 3.26. The van der Waals surface area contributed by atoms with E-state index >= 15 is 0 Å². The number of nitrogens with zero attached hydrogens (tertiary/aromatic N) is 2. The molecule has 0 aromatic heterocycles. The molecule has 2 aliphatic rings. The predicted octanol–water partition coefficient (Wildman–Crippen LogP) is 2.24. The molecule has 33 heavy (non-hydrogen) atoms. The van der Waals surface area contributed by atoms with Gasteiger partial charge in [0.1, 0.15) is 5.75 Å². The van der Waals surface area contributed by atoms with Crippen LogP contribution < -0.4 is 15.0 Å². The molecule has 0 radical (unpaired) electrons. The third kappa shape index (κ3) is 5.35. The number of hydrogen-bond donors (Lipinski definition) is 1. The van der Waals surface area contributed by atoms with Crippen LogP contribution in [0.2, 0.25) is 0 Å². The highest BCUT2D eigenvalue weighted by atomic mass is 32.2. The lowest BCUT2D eigenvalue weighted by Crippen LogP contribution is -2.40. The smallest absolute Gasteiger partial charge is 0.265 e. The zero-order valence-corrected chi connectivity index (χ0v) is 19.2. The normalized spacial score (nSPS) is 18.2. The largest absolute Gasteiger partial charge is 0.481 e. The number of carbonyl (C=O) groups excluding carboxylic acids is 2. The quantitative estimate of drug-likeness (QED) is 0.661. The van der Waals surface area contributed by atoms with Crippen molar-refractivity contribution in [2.45, 2.75) is 30.8 Å². The predicted molar refractivity (Wildman–Crippen MR) is 123 cm³/mol. The van der Waals surface area contributed by atoms with Crippen molar-refractivity contribution in [1.29, 1.82) is 0 Å². The minimum Gasteiger partial charge on any atom is -0.481 e. The third-order valence-corrected chi connectivity index (χ3v) is 7.51. The van der Waals surface area contributed by atoms with Crippen LogP contribution in [0, 0.1) is 0 Å². The number of amides is 2. The van der Waals surface area contributed by atoms with Crippen molar-refractivity contribution in [3.8, 4) is 5.75 Å². The van der Waals surface area contributed by atoms with Gasteiger partial charge in [0.2, 0.25) is 15.9 Å². The van der Waals surface area contributed by atoms with Crippen LogP contribution in [0.15, 0.2) is 53.4 Å². The van der Waals surface area contributed by atoms with Crippen LogP contribution in [0.1, 0.15) is 19.8 Å². The summed E-state index contributed by atoms with van der Waals surface area (Å²) in [4.78, 5) is 26.4. The van der Waals surface area contributed by atoms with Crippen molar-refractivity contribution < 1.29 is 27.5 Å². The highest BCUT2D eigenvalue weighted by molar-refractivity contribution is 7.89. The molecule has 176 valence electrons. The number of benzene rings is 2. The third-order valence-electron chi connectivity index (χ3n) is 5.61. The highest BCUT2D eigenvalue weighted by Gasteiger charge is 2.27. The Morgan fingerprint density at radius 3 is 2.48 bits per heavy atom. The fourth-order valence-corrected chi connectivity index (χ4v) is 5.25. The van der Waals surface area contributed by atoms with Gasteiger partial charge in [0.15, 0.2) is 6.10 Å². The van der Waals surface area contributed by atoms with E-state index in [4.69, 9.17) is 9.47 Å². The molecular weight excluding hydrogens is 446 g/mol. The molecule has 10 heteroatoms. The van der Waals surface area contributed by atoms with E-state index in [9.17, 15) is 18.0 Å². The van der Waals surface area contributed by atoms with Crippen LogP contribution in [0.5, 0.6) is 5.75 Å². The maximum absolute atomic E-state index is 12.9. The molecule has 2 aromatic rings. The van der Waals surface area contributed by atoms with E-state index in [1.807, 2.05) is 0 Å². The summed E-state index contributed by atoms with van der Waals surface area (Å²) in [7, 11) is -3.66. The van der Waals surface area contributed by atoms with Crippen molar-refractivity contribution in [3.63, 3.8) is 0 Å². The number of anilines is 2. The summed E-state index contributed by atoms with van der Waals surface area (Å²) in [5.41, 5.74) is 1.17. The van der Waals surface area contributed by atoms with Gasteiger partial charge in [-0.2, -0.15) is 4.31 Å². The number of ether oxygens (including phenoxy) is 2. The fourth-order valence-electron chi connectivity index (χ4n) is 3.80. The molecular formula is C23H27N3O6S. The lowest BCUT2D eigenvalue weighted by Gasteiger charge is -2.26. The molecule has 9 nitrogen and oxygen atoms in total. The van der Waals surface area contributed by atoms with E-state index < -0.39 is 22.0 Å². The molecule has 0 saturated carbocycles. The van der Waals surface area contributed by atoms with Crippen LogP contribution in [-0.4, -0.2) is 63.5 Å². The van der Waals surface area contributed by atoms with Gasteiger partial charge >= 0.3 is 0 Å². The molecule has 2 amide bonds. The van der Waals surface area contributed by atoms with Crippen molar-refractivity contribution in [2.75, 3.05) is 43.1 Å². The Labute approximate surface area is 193 Å². The molecule has 0 bridgehead atoms. The van der Waals surface area contributed by atoms with E-state index in [-0.39, 0.29) is 10.8 Å². The summed E-state index contributed by atoms with van der Waals surface area (Å²) in [5.74, 6) is 0.195. The number of hydrogen-bond acceptors (Lipinski definition) is 6. The van der Waals surface area contributed by atoms with Gasteiger partial charge in [0, 0.05) is 37.4 Å². The van der Waals surface area contributed by atoms with Crippen molar-refractivity contribution in [2.24, 2.45) is 0 Å². The zero-order chi connectivity index (χ0) is 23.4.